The second-order valence-corrected chi connectivity index (χ2v) is 8.01. The molecule has 0 fully saturated rings. The van der Waals surface area contributed by atoms with Gasteiger partial charge in [0.05, 0.1) is 22.8 Å². The van der Waals surface area contributed by atoms with Crippen LogP contribution in [0.25, 0.3) is 5.69 Å². The summed E-state index contributed by atoms with van der Waals surface area (Å²) in [7, 11) is 0. The second kappa shape index (κ2) is 10.6. The number of nitrogens with zero attached hydrogens (tertiary/aromatic N) is 2. The maximum Gasteiger partial charge on any atom is 0.329 e. The van der Waals surface area contributed by atoms with E-state index >= 15 is 0 Å². The van der Waals surface area contributed by atoms with Crippen LogP contribution >= 0.6 is 0 Å². The summed E-state index contributed by atoms with van der Waals surface area (Å²) in [5, 5.41) is 9.95. The Labute approximate surface area is 193 Å². The summed E-state index contributed by atoms with van der Waals surface area (Å²) in [5.41, 5.74) is 3.28. The molecule has 3 aromatic rings. The molecule has 33 heavy (non-hydrogen) atoms. The molecule has 0 bridgehead atoms. The number of anilines is 1. The lowest BCUT2D eigenvalue weighted by Crippen LogP contribution is -2.45. The Morgan fingerprint density at radius 2 is 1.58 bits per heavy atom. The molecule has 8 heteroatoms. The van der Waals surface area contributed by atoms with E-state index in [1.165, 1.54) is 0 Å². The zero-order chi connectivity index (χ0) is 24.0. The van der Waals surface area contributed by atoms with Crippen LogP contribution in [0.5, 0.6) is 0 Å². The molecule has 2 aromatic carbocycles. The van der Waals surface area contributed by atoms with Gasteiger partial charge in [0.2, 0.25) is 0 Å². The van der Waals surface area contributed by atoms with Crippen LogP contribution in [0.4, 0.5) is 5.69 Å². The molecule has 0 aliphatic heterocycles. The summed E-state index contributed by atoms with van der Waals surface area (Å²) in [6.45, 7) is 6.76. The van der Waals surface area contributed by atoms with Crippen LogP contribution in [0.15, 0.2) is 60.7 Å². The number of benzene rings is 2. The number of ether oxygens (including phenoxy) is 1. The van der Waals surface area contributed by atoms with E-state index in [1.807, 2.05) is 37.3 Å². The Balaban J connectivity index is 1.61. The van der Waals surface area contributed by atoms with Crippen molar-refractivity contribution in [2.45, 2.75) is 33.7 Å². The van der Waals surface area contributed by atoms with Crippen molar-refractivity contribution in [3.05, 3.63) is 77.6 Å². The lowest BCUT2D eigenvalue weighted by atomic mass is 10.0. The molecule has 0 aliphatic rings. The summed E-state index contributed by atoms with van der Waals surface area (Å²) in [5.74, 6) is -1.76. The minimum Gasteiger partial charge on any atom is -0.454 e. The zero-order valence-electron chi connectivity index (χ0n) is 19.2. The van der Waals surface area contributed by atoms with Crippen molar-refractivity contribution in [2.75, 3.05) is 11.9 Å². The molecule has 8 nitrogen and oxygen atoms in total. The fraction of sp³-hybridized carbons (Fsp3) is 0.280. The standard InChI is InChI=1S/C25H28N4O4/c1-16(2)22(27-24(31)19-11-7-5-8-12-19)25(32)33-15-21(30)26-23-17(3)28-29(18(23)4)20-13-9-6-10-14-20/h5-14,16,22H,15H2,1-4H3,(H,26,30)(H,27,31)/t22-/m1/s1. The van der Waals surface area contributed by atoms with Crippen molar-refractivity contribution in [3.63, 3.8) is 0 Å². The van der Waals surface area contributed by atoms with Crippen LogP contribution < -0.4 is 10.6 Å². The monoisotopic (exact) mass is 448 g/mol. The molecule has 0 unspecified atom stereocenters. The maximum absolute atomic E-state index is 12.6. The van der Waals surface area contributed by atoms with Gasteiger partial charge in [0.15, 0.2) is 6.61 Å². The highest BCUT2D eigenvalue weighted by atomic mass is 16.5. The maximum atomic E-state index is 12.6. The Morgan fingerprint density at radius 3 is 2.18 bits per heavy atom. The molecule has 1 aromatic heterocycles. The minimum atomic E-state index is -0.880. The zero-order valence-corrected chi connectivity index (χ0v) is 19.2. The number of aromatic nitrogens is 2. The number of nitrogens with one attached hydrogen (secondary N) is 2. The average Bonchev–Trinajstić information content (AvgIpc) is 3.10. The van der Waals surface area contributed by atoms with Gasteiger partial charge in [-0.25, -0.2) is 9.48 Å². The summed E-state index contributed by atoms with van der Waals surface area (Å²) < 4.78 is 6.96. The van der Waals surface area contributed by atoms with Gasteiger partial charge in [-0.15, -0.1) is 0 Å². The van der Waals surface area contributed by atoms with Gasteiger partial charge in [-0.2, -0.15) is 5.10 Å². The fourth-order valence-electron chi connectivity index (χ4n) is 3.36. The predicted molar refractivity (Wildman–Crippen MR) is 125 cm³/mol. The molecule has 0 radical (unpaired) electrons. The van der Waals surface area contributed by atoms with Crippen molar-refractivity contribution in [3.8, 4) is 5.69 Å². The number of carbonyl (C=O) groups excluding carboxylic acids is 3. The normalized spacial score (nSPS) is 11.7. The van der Waals surface area contributed by atoms with Gasteiger partial charge < -0.3 is 15.4 Å². The minimum absolute atomic E-state index is 0.221. The summed E-state index contributed by atoms with van der Waals surface area (Å²) in [6, 6.07) is 17.3. The van der Waals surface area contributed by atoms with Crippen LogP contribution in [-0.4, -0.2) is 40.2 Å². The molecule has 172 valence electrons. The summed E-state index contributed by atoms with van der Waals surface area (Å²) in [6.07, 6.45) is 0. The van der Waals surface area contributed by atoms with E-state index in [9.17, 15) is 14.4 Å². The number of hydrogen-bond acceptors (Lipinski definition) is 5. The van der Waals surface area contributed by atoms with E-state index in [4.69, 9.17) is 4.74 Å². The molecule has 0 saturated carbocycles. The van der Waals surface area contributed by atoms with Crippen molar-refractivity contribution in [2.24, 2.45) is 5.92 Å². The first-order valence-corrected chi connectivity index (χ1v) is 10.7. The number of aryl methyl sites for hydroxylation is 1. The van der Waals surface area contributed by atoms with Gasteiger partial charge in [-0.05, 0) is 44.0 Å². The quantitative estimate of drug-likeness (QED) is 0.514. The van der Waals surface area contributed by atoms with Crippen molar-refractivity contribution >= 4 is 23.5 Å². The fourth-order valence-corrected chi connectivity index (χ4v) is 3.36. The Morgan fingerprint density at radius 1 is 0.970 bits per heavy atom. The smallest absolute Gasteiger partial charge is 0.329 e. The largest absolute Gasteiger partial charge is 0.454 e. The molecule has 0 saturated heterocycles. The van der Waals surface area contributed by atoms with Crippen LogP contribution in [0.1, 0.15) is 35.6 Å². The third kappa shape index (κ3) is 5.85. The third-order valence-electron chi connectivity index (χ3n) is 5.15. The number of hydrogen-bond donors (Lipinski definition) is 2. The SMILES string of the molecule is Cc1nn(-c2ccccc2)c(C)c1NC(=O)COC(=O)[C@H](NC(=O)c1ccccc1)C(C)C. The Hall–Kier alpha value is -3.94. The van der Waals surface area contributed by atoms with E-state index in [0.29, 0.717) is 16.9 Å². The molecular formula is C25H28N4O4. The van der Waals surface area contributed by atoms with E-state index in [0.717, 1.165) is 11.4 Å². The number of esters is 1. The molecular weight excluding hydrogens is 420 g/mol. The Kier molecular flexibility index (Phi) is 7.61. The highest BCUT2D eigenvalue weighted by Gasteiger charge is 2.27. The van der Waals surface area contributed by atoms with Crippen LogP contribution in [0.2, 0.25) is 0 Å². The lowest BCUT2D eigenvalue weighted by molar-refractivity contribution is -0.150. The van der Waals surface area contributed by atoms with Crippen molar-refractivity contribution in [1.82, 2.24) is 15.1 Å². The molecule has 0 spiro atoms. The van der Waals surface area contributed by atoms with Crippen LogP contribution in [0.3, 0.4) is 0 Å². The number of carbonyl (C=O) groups is 3. The lowest BCUT2D eigenvalue weighted by Gasteiger charge is -2.20. The van der Waals surface area contributed by atoms with Gasteiger partial charge in [0, 0.05) is 5.56 Å². The molecule has 0 aliphatic carbocycles. The predicted octanol–water partition coefficient (Wildman–Crippen LogP) is 3.43. The van der Waals surface area contributed by atoms with Gasteiger partial charge in [-0.1, -0.05) is 50.2 Å². The van der Waals surface area contributed by atoms with Gasteiger partial charge in [-0.3, -0.25) is 9.59 Å². The molecule has 1 heterocycles. The van der Waals surface area contributed by atoms with Crippen molar-refractivity contribution in [1.29, 1.82) is 0 Å². The average molecular weight is 449 g/mol. The molecule has 2 amide bonds. The van der Waals surface area contributed by atoms with Gasteiger partial charge >= 0.3 is 5.97 Å². The Bertz CT molecular complexity index is 1120. The van der Waals surface area contributed by atoms with Crippen LogP contribution in [0, 0.1) is 19.8 Å². The van der Waals surface area contributed by atoms with Gasteiger partial charge in [0.1, 0.15) is 6.04 Å². The number of para-hydroxylation sites is 1. The van der Waals surface area contributed by atoms with E-state index in [2.05, 4.69) is 15.7 Å². The highest BCUT2D eigenvalue weighted by Crippen LogP contribution is 2.22. The van der Waals surface area contributed by atoms with E-state index in [-0.39, 0.29) is 11.8 Å². The molecule has 3 rings (SSSR count). The van der Waals surface area contributed by atoms with Gasteiger partial charge in [0.25, 0.3) is 11.8 Å². The van der Waals surface area contributed by atoms with Crippen molar-refractivity contribution < 1.29 is 19.1 Å². The summed E-state index contributed by atoms with van der Waals surface area (Å²) in [4.78, 5) is 37.5. The molecule has 1 atom stereocenters. The van der Waals surface area contributed by atoms with Crippen LogP contribution in [-0.2, 0) is 14.3 Å². The van der Waals surface area contributed by atoms with E-state index < -0.39 is 24.5 Å². The second-order valence-electron chi connectivity index (χ2n) is 8.01. The van der Waals surface area contributed by atoms with E-state index in [1.54, 1.807) is 55.8 Å². The summed E-state index contributed by atoms with van der Waals surface area (Å²) >= 11 is 0. The first-order valence-electron chi connectivity index (χ1n) is 10.7. The number of rotatable bonds is 8. The first-order chi connectivity index (χ1) is 15.8. The molecule has 2 N–H and O–H groups in total. The first kappa shape index (κ1) is 23.7. The third-order valence-corrected chi connectivity index (χ3v) is 5.15. The number of amides is 2. The highest BCUT2D eigenvalue weighted by molar-refractivity contribution is 5.97. The topological polar surface area (TPSA) is 102 Å².